The monoisotopic (exact) mass is 262 g/mol. The van der Waals surface area contributed by atoms with Crippen molar-refractivity contribution in [2.75, 3.05) is 26.0 Å². The van der Waals surface area contributed by atoms with Gasteiger partial charge in [0.2, 0.25) is 0 Å². The third-order valence-electron chi connectivity index (χ3n) is 3.34. The van der Waals surface area contributed by atoms with Crippen LogP contribution in [0, 0.1) is 13.8 Å². The largest absolute Gasteiger partial charge is 0.370 e. The van der Waals surface area contributed by atoms with Crippen molar-refractivity contribution in [2.24, 2.45) is 10.7 Å². The quantitative estimate of drug-likeness (QED) is 0.647. The first-order valence-electron chi connectivity index (χ1n) is 6.53. The molecule has 0 unspecified atom stereocenters. The highest BCUT2D eigenvalue weighted by Gasteiger charge is 2.19. The summed E-state index contributed by atoms with van der Waals surface area (Å²) in [6.45, 7) is 9.08. The van der Waals surface area contributed by atoms with Crippen molar-refractivity contribution in [3.63, 3.8) is 0 Å². The first-order chi connectivity index (χ1) is 8.70. The molecule has 0 spiro atoms. The Morgan fingerprint density at radius 3 is 2.21 bits per heavy atom. The van der Waals surface area contributed by atoms with Gasteiger partial charge in [-0.2, -0.15) is 0 Å². The van der Waals surface area contributed by atoms with Crippen molar-refractivity contribution in [1.29, 1.82) is 0 Å². The van der Waals surface area contributed by atoms with E-state index in [9.17, 15) is 0 Å². The molecule has 0 amide bonds. The SMILES string of the molecule is Cc1cc(C)cc(NC(N)=NCC(C)(C)N(C)C)c1. The fourth-order valence-electron chi connectivity index (χ4n) is 1.65. The van der Waals surface area contributed by atoms with Crippen LogP contribution in [-0.2, 0) is 0 Å². The van der Waals surface area contributed by atoms with Crippen LogP contribution in [-0.4, -0.2) is 37.0 Å². The number of rotatable bonds is 4. The molecule has 0 bridgehead atoms. The molecular formula is C15H26N4. The smallest absolute Gasteiger partial charge is 0.193 e. The number of likely N-dealkylation sites (N-methyl/N-ethyl adjacent to an activating group) is 1. The van der Waals surface area contributed by atoms with E-state index in [0.717, 1.165) is 5.69 Å². The number of nitrogens with zero attached hydrogens (tertiary/aromatic N) is 2. The van der Waals surface area contributed by atoms with Crippen LogP contribution in [0.4, 0.5) is 5.69 Å². The zero-order valence-electron chi connectivity index (χ0n) is 12.9. The second kappa shape index (κ2) is 6.06. The molecule has 19 heavy (non-hydrogen) atoms. The molecule has 0 fully saturated rings. The minimum absolute atomic E-state index is 0.00514. The van der Waals surface area contributed by atoms with Crippen LogP contribution in [0.1, 0.15) is 25.0 Å². The summed E-state index contributed by atoms with van der Waals surface area (Å²) < 4.78 is 0. The van der Waals surface area contributed by atoms with Crippen LogP contribution < -0.4 is 11.1 Å². The average molecular weight is 262 g/mol. The van der Waals surface area contributed by atoms with Gasteiger partial charge in [0, 0.05) is 11.2 Å². The van der Waals surface area contributed by atoms with Gasteiger partial charge in [-0.25, -0.2) is 0 Å². The number of anilines is 1. The normalized spacial score (nSPS) is 12.9. The van der Waals surface area contributed by atoms with Gasteiger partial charge in [-0.05, 0) is 65.0 Å². The Balaban J connectivity index is 2.71. The minimum Gasteiger partial charge on any atom is -0.370 e. The fourth-order valence-corrected chi connectivity index (χ4v) is 1.65. The van der Waals surface area contributed by atoms with Gasteiger partial charge in [0.15, 0.2) is 5.96 Å². The molecule has 0 saturated carbocycles. The summed E-state index contributed by atoms with van der Waals surface area (Å²) in [4.78, 5) is 6.55. The first-order valence-corrected chi connectivity index (χ1v) is 6.53. The van der Waals surface area contributed by atoms with Gasteiger partial charge in [-0.3, -0.25) is 4.99 Å². The summed E-state index contributed by atoms with van der Waals surface area (Å²) in [6.07, 6.45) is 0. The average Bonchev–Trinajstić information content (AvgIpc) is 2.24. The highest BCUT2D eigenvalue weighted by Crippen LogP contribution is 2.14. The van der Waals surface area contributed by atoms with Crippen LogP contribution >= 0.6 is 0 Å². The summed E-state index contributed by atoms with van der Waals surface area (Å²) >= 11 is 0. The van der Waals surface area contributed by atoms with Crippen LogP contribution in [0.15, 0.2) is 23.2 Å². The predicted octanol–water partition coefficient (Wildman–Crippen LogP) is 2.37. The van der Waals surface area contributed by atoms with Crippen molar-refractivity contribution < 1.29 is 0 Å². The molecule has 0 heterocycles. The second-order valence-corrected chi connectivity index (χ2v) is 5.91. The van der Waals surface area contributed by atoms with Crippen molar-refractivity contribution >= 4 is 11.6 Å². The highest BCUT2D eigenvalue weighted by molar-refractivity contribution is 5.92. The molecule has 0 radical (unpaired) electrons. The third-order valence-corrected chi connectivity index (χ3v) is 3.34. The van der Waals surface area contributed by atoms with Crippen molar-refractivity contribution in [3.05, 3.63) is 29.3 Å². The van der Waals surface area contributed by atoms with E-state index in [2.05, 4.69) is 61.1 Å². The zero-order chi connectivity index (χ0) is 14.6. The second-order valence-electron chi connectivity index (χ2n) is 5.91. The topological polar surface area (TPSA) is 53.6 Å². The predicted molar refractivity (Wildman–Crippen MR) is 83.8 cm³/mol. The van der Waals surface area contributed by atoms with E-state index in [1.54, 1.807) is 0 Å². The van der Waals surface area contributed by atoms with Crippen LogP contribution in [0.3, 0.4) is 0 Å². The number of guanidine groups is 1. The van der Waals surface area contributed by atoms with E-state index in [1.165, 1.54) is 11.1 Å². The maximum Gasteiger partial charge on any atom is 0.193 e. The van der Waals surface area contributed by atoms with E-state index in [1.807, 2.05) is 14.1 Å². The van der Waals surface area contributed by atoms with Crippen LogP contribution in [0.25, 0.3) is 0 Å². The molecule has 0 aromatic heterocycles. The van der Waals surface area contributed by atoms with E-state index >= 15 is 0 Å². The zero-order valence-corrected chi connectivity index (χ0v) is 12.9. The third kappa shape index (κ3) is 4.91. The summed E-state index contributed by atoms with van der Waals surface area (Å²) in [6, 6.07) is 6.26. The Labute approximate surface area is 116 Å². The lowest BCUT2D eigenvalue weighted by Gasteiger charge is -2.30. The number of nitrogens with two attached hydrogens (primary N) is 1. The maximum atomic E-state index is 5.93. The van der Waals surface area contributed by atoms with E-state index in [4.69, 9.17) is 5.73 Å². The Bertz CT molecular complexity index is 441. The molecule has 0 saturated heterocycles. The highest BCUT2D eigenvalue weighted by atomic mass is 15.2. The number of hydrogen-bond donors (Lipinski definition) is 2. The molecule has 0 aliphatic heterocycles. The molecule has 0 atom stereocenters. The van der Waals surface area contributed by atoms with Crippen molar-refractivity contribution in [2.45, 2.75) is 33.2 Å². The van der Waals surface area contributed by atoms with Crippen molar-refractivity contribution in [3.8, 4) is 0 Å². The van der Waals surface area contributed by atoms with Gasteiger partial charge in [0.25, 0.3) is 0 Å². The lowest BCUT2D eigenvalue weighted by atomic mass is 10.1. The Morgan fingerprint density at radius 2 is 1.74 bits per heavy atom. The van der Waals surface area contributed by atoms with E-state index < -0.39 is 0 Å². The van der Waals surface area contributed by atoms with Gasteiger partial charge >= 0.3 is 0 Å². The van der Waals surface area contributed by atoms with Crippen LogP contribution in [0.5, 0.6) is 0 Å². The summed E-state index contributed by atoms with van der Waals surface area (Å²) in [7, 11) is 4.09. The van der Waals surface area contributed by atoms with Gasteiger partial charge in [0.05, 0.1) is 6.54 Å². The Kier molecular flexibility index (Phi) is 4.95. The molecule has 1 aromatic rings. The summed E-state index contributed by atoms with van der Waals surface area (Å²) in [5.74, 6) is 0.458. The van der Waals surface area contributed by atoms with E-state index in [0.29, 0.717) is 12.5 Å². The summed E-state index contributed by atoms with van der Waals surface area (Å²) in [5, 5.41) is 3.14. The lowest BCUT2D eigenvalue weighted by molar-refractivity contribution is 0.205. The minimum atomic E-state index is -0.00514. The molecule has 1 aromatic carbocycles. The molecule has 106 valence electrons. The van der Waals surface area contributed by atoms with Gasteiger partial charge in [0.1, 0.15) is 0 Å². The van der Waals surface area contributed by atoms with Gasteiger partial charge in [-0.15, -0.1) is 0 Å². The summed E-state index contributed by atoms with van der Waals surface area (Å²) in [5.41, 5.74) is 9.34. The molecule has 3 N–H and O–H groups in total. The molecule has 1 rings (SSSR count). The van der Waals surface area contributed by atoms with Crippen molar-refractivity contribution in [1.82, 2.24) is 4.90 Å². The number of aliphatic imine (C=N–C) groups is 1. The number of aryl methyl sites for hydroxylation is 2. The molecule has 0 aliphatic carbocycles. The molecular weight excluding hydrogens is 236 g/mol. The molecule has 4 nitrogen and oxygen atoms in total. The van der Waals surface area contributed by atoms with Crippen LogP contribution in [0.2, 0.25) is 0 Å². The Hall–Kier alpha value is -1.55. The first kappa shape index (κ1) is 15.5. The fraction of sp³-hybridized carbons (Fsp3) is 0.533. The number of benzene rings is 1. The van der Waals surface area contributed by atoms with Gasteiger partial charge < -0.3 is 16.0 Å². The number of nitrogens with one attached hydrogen (secondary N) is 1. The number of hydrogen-bond acceptors (Lipinski definition) is 2. The lowest BCUT2D eigenvalue weighted by Crippen LogP contribution is -2.41. The van der Waals surface area contributed by atoms with E-state index in [-0.39, 0.29) is 5.54 Å². The van der Waals surface area contributed by atoms with Gasteiger partial charge in [-0.1, -0.05) is 6.07 Å². The standard InChI is InChI=1S/C15H26N4/c1-11-7-12(2)9-13(8-11)18-14(16)17-10-15(3,4)19(5)6/h7-9H,10H2,1-6H3,(H3,16,17,18). The molecule has 4 heteroatoms. The Morgan fingerprint density at radius 1 is 1.21 bits per heavy atom. The maximum absolute atomic E-state index is 5.93. The molecule has 0 aliphatic rings.